The highest BCUT2D eigenvalue weighted by Gasteiger charge is 2.60. The number of aliphatic hydroxyl groups is 2. The highest BCUT2D eigenvalue weighted by molar-refractivity contribution is 7.93. The number of amides is 4. The van der Waals surface area contributed by atoms with Crippen molar-refractivity contribution in [2.75, 3.05) is 42.6 Å². The van der Waals surface area contributed by atoms with Crippen LogP contribution in [0, 0.1) is 23.3 Å². The van der Waals surface area contributed by atoms with Gasteiger partial charge in [-0.2, -0.15) is 0 Å². The van der Waals surface area contributed by atoms with Crippen molar-refractivity contribution < 1.29 is 123 Å². The van der Waals surface area contributed by atoms with Crippen molar-refractivity contribution in [3.63, 3.8) is 0 Å². The lowest BCUT2D eigenvalue weighted by molar-refractivity contribution is -0.124. The van der Waals surface area contributed by atoms with Crippen LogP contribution in [0.3, 0.4) is 0 Å². The fraction of sp³-hybridized carbons (Fsp3) is 0.121. The Morgan fingerprint density at radius 2 is 0.553 bits per heavy atom. The Morgan fingerprint density at radius 1 is 0.287 bits per heavy atom. The summed E-state index contributed by atoms with van der Waals surface area (Å²) in [6, 6.07) is 95.9. The van der Waals surface area contributed by atoms with Crippen LogP contribution in [0.25, 0.3) is 44.5 Å². The minimum Gasteiger partial charge on any atom is -0.508 e. The fourth-order valence-electron chi connectivity index (χ4n) is 18.5. The first-order valence-corrected chi connectivity index (χ1v) is 52.8. The average Bonchev–Trinajstić information content (AvgIpc) is 0.719. The normalized spacial score (nSPS) is 18.0. The summed E-state index contributed by atoms with van der Waals surface area (Å²) in [5.74, 6) is -8.16. The van der Waals surface area contributed by atoms with Gasteiger partial charge in [0.1, 0.15) is 85.5 Å². The van der Waals surface area contributed by atoms with Gasteiger partial charge in [-0.1, -0.05) is 194 Å². The molecule has 150 heavy (non-hydrogen) atoms. The third-order valence-corrected chi connectivity index (χ3v) is 33.1. The molecule has 0 aromatic heterocycles. The van der Waals surface area contributed by atoms with Crippen molar-refractivity contribution in [2.45, 2.75) is 57.4 Å². The smallest absolute Gasteiger partial charge is 0.248 e. The number of aromatic hydroxyl groups is 8. The van der Waals surface area contributed by atoms with E-state index < -0.39 is 168 Å². The molecule has 0 bridgehead atoms. The van der Waals surface area contributed by atoms with E-state index in [1.54, 1.807) is 237 Å². The van der Waals surface area contributed by atoms with Crippen LogP contribution in [0.2, 0.25) is 0 Å². The van der Waals surface area contributed by atoms with Gasteiger partial charge >= 0.3 is 0 Å². The number of halogens is 4. The molecule has 4 heterocycles. The van der Waals surface area contributed by atoms with Gasteiger partial charge in [0.15, 0.2) is 41.7 Å². The monoisotopic (exact) mass is 2100 g/mol. The van der Waals surface area contributed by atoms with Crippen LogP contribution in [0.4, 0.5) is 40.3 Å². The molecule has 4 aliphatic heterocycles. The van der Waals surface area contributed by atoms with Gasteiger partial charge in [-0.3, -0.25) is 37.2 Å². The molecular weight excluding hydrogens is 2010 g/mol. The minimum absolute atomic E-state index is 0.0107. The first-order valence-electron chi connectivity index (χ1n) is 46.6. The number of aliphatic hydroxyl groups excluding tert-OH is 2. The summed E-state index contributed by atoms with van der Waals surface area (Å²) in [6.07, 6.45) is -2.62. The zero-order valence-corrected chi connectivity index (χ0v) is 82.1. The Bertz CT molecular complexity index is 8080. The van der Waals surface area contributed by atoms with Crippen molar-refractivity contribution in [1.82, 2.24) is 0 Å². The number of hydrogen-bond acceptors (Lipinski definition) is 22. The molecule has 0 radical (unpaired) electrons. The van der Waals surface area contributed by atoms with E-state index in [0.717, 1.165) is 36.4 Å². The number of β-lactam (4-membered cyclic amide) rings is 4. The van der Waals surface area contributed by atoms with Crippen LogP contribution >= 0.6 is 0 Å². The molecule has 0 spiro atoms. The summed E-state index contributed by atoms with van der Waals surface area (Å²) >= 11 is 0. The van der Waals surface area contributed by atoms with Crippen molar-refractivity contribution in [1.29, 1.82) is 0 Å². The quantitative estimate of drug-likeness (QED) is 0.0124. The molecule has 0 saturated carbocycles. The molecule has 16 aromatic rings. The van der Waals surface area contributed by atoms with Crippen molar-refractivity contribution >= 4 is 99.2 Å². The molecular formula is C116H92F4N4O22S4. The van der Waals surface area contributed by atoms with Crippen LogP contribution in [0.5, 0.6) is 46.0 Å². The zero-order chi connectivity index (χ0) is 106. The molecule has 4 aliphatic rings. The number of sulfone groups is 2. The third-order valence-electron chi connectivity index (χ3n) is 25.9. The van der Waals surface area contributed by atoms with Crippen LogP contribution in [0.1, 0.15) is 90.5 Å². The van der Waals surface area contributed by atoms with Crippen molar-refractivity contribution in [3.8, 4) is 90.5 Å². The highest BCUT2D eigenvalue weighted by Crippen LogP contribution is 2.52. The van der Waals surface area contributed by atoms with E-state index >= 15 is 0 Å². The molecule has 20 rings (SSSR count). The van der Waals surface area contributed by atoms with E-state index in [0.29, 0.717) is 83.9 Å². The number of hydrogen-bond donors (Lipinski definition) is 10. The summed E-state index contributed by atoms with van der Waals surface area (Å²) in [7, 11) is -12.3. The van der Waals surface area contributed by atoms with Crippen molar-refractivity contribution in [3.05, 3.63) is 456 Å². The summed E-state index contributed by atoms with van der Waals surface area (Å²) in [6.45, 7) is 0. The number of para-hydroxylation sites is 4. The molecule has 760 valence electrons. The number of ketones is 2. The molecule has 10 N–H and O–H groups in total. The summed E-state index contributed by atoms with van der Waals surface area (Å²) < 4.78 is 134. The summed E-state index contributed by atoms with van der Waals surface area (Å²) in [4.78, 5) is 84.1. The number of carbonyl (C=O) groups is 6. The van der Waals surface area contributed by atoms with Crippen LogP contribution < -0.4 is 19.6 Å². The Morgan fingerprint density at radius 3 is 0.860 bits per heavy atom. The molecule has 26 nitrogen and oxygen atoms in total. The maximum Gasteiger partial charge on any atom is 0.248 e. The molecule has 16 aromatic carbocycles. The lowest BCUT2D eigenvalue weighted by Gasteiger charge is -2.47. The van der Waals surface area contributed by atoms with Gasteiger partial charge in [0.2, 0.25) is 23.6 Å². The summed E-state index contributed by atoms with van der Waals surface area (Å²) in [5, 5.41) is 99.2. The Kier molecular flexibility index (Phi) is 31.1. The molecule has 4 fully saturated rings. The first-order chi connectivity index (χ1) is 72.0. The van der Waals surface area contributed by atoms with Gasteiger partial charge in [-0.05, 0) is 250 Å². The van der Waals surface area contributed by atoms with E-state index in [1.807, 2.05) is 6.07 Å². The second-order valence-electron chi connectivity index (χ2n) is 35.6. The number of phenols is 8. The molecule has 34 heteroatoms. The van der Waals surface area contributed by atoms with E-state index in [9.17, 15) is 123 Å². The van der Waals surface area contributed by atoms with E-state index in [1.165, 1.54) is 129 Å². The maximum atomic E-state index is 13.5. The number of anilines is 4. The average molecular weight is 2100 g/mol. The van der Waals surface area contributed by atoms with Crippen LogP contribution in [0.15, 0.2) is 388 Å². The number of benzene rings is 16. The van der Waals surface area contributed by atoms with Gasteiger partial charge in [-0.15, -0.1) is 0 Å². The number of rotatable bonds is 28. The third kappa shape index (κ3) is 22.6. The van der Waals surface area contributed by atoms with Gasteiger partial charge in [-0.25, -0.2) is 34.4 Å². The number of phenolic OH excluding ortho intramolecular Hbond substituents is 8. The molecule has 4 amide bonds. The Hall–Kier alpha value is -17.0. The molecule has 12 atom stereocenters. The van der Waals surface area contributed by atoms with Crippen LogP contribution in [-0.4, -0.2) is 156 Å². The Balaban J connectivity index is 0.000000136. The van der Waals surface area contributed by atoms with Gasteiger partial charge in [0.25, 0.3) is 0 Å². The number of nitrogens with zero attached hydrogens (tertiary/aromatic N) is 4. The van der Waals surface area contributed by atoms with E-state index in [-0.39, 0.29) is 85.5 Å². The van der Waals surface area contributed by atoms with Crippen LogP contribution in [-0.2, 0) is 60.5 Å². The standard InChI is InChI=1S/C29H24FNO6S.C29H22FNO6S.C29H24FNO5S.C29H22FNO5S/c2*30-21-12-9-18(10-13-21)26(34)17-38(36,37)28-27(31(29(28)35)22-6-2-1-3-7-22)24-14-11-20(16-25(24)33)19-5-4-8-23(32)15-19;2*30-21-12-9-18(10-13-21)26(34)17-37(36)28-27(31(29(28)35)22-6-2-1-3-7-22)24-14-11-20(16-25(24)33)19-5-4-8-23(32)15-19/h1-16,26-28,32-34H,17H2;1-16,27-28,32-33H,17H2;1-16,26-28,32-34H,17H2;1-16,27-28,32-33H,17H2. The topological polar surface area (TPSA) is 420 Å². The Labute approximate surface area is 862 Å². The fourth-order valence-corrected chi connectivity index (χ4v) is 25.3. The lowest BCUT2D eigenvalue weighted by Crippen LogP contribution is -2.63. The second kappa shape index (κ2) is 44.7. The lowest BCUT2D eigenvalue weighted by atomic mass is 9.90. The molecule has 12 unspecified atom stereocenters. The molecule has 0 aliphatic carbocycles. The maximum absolute atomic E-state index is 13.5. The van der Waals surface area contributed by atoms with Gasteiger partial charge in [0.05, 0.1) is 53.6 Å². The molecule has 4 saturated heterocycles. The number of Topliss-reactive ketones (excluding diaryl/α,β-unsaturated/α-hetero) is 2. The first kappa shape index (κ1) is 104. The summed E-state index contributed by atoms with van der Waals surface area (Å²) in [5.41, 5.74) is 9.27. The minimum atomic E-state index is -4.33. The predicted octanol–water partition coefficient (Wildman–Crippen LogP) is 19.0. The predicted molar refractivity (Wildman–Crippen MR) is 560 cm³/mol. The zero-order valence-electron chi connectivity index (χ0n) is 78.9. The largest absolute Gasteiger partial charge is 0.508 e. The van der Waals surface area contributed by atoms with E-state index in [4.69, 9.17) is 0 Å². The second-order valence-corrected chi connectivity index (χ2v) is 43.1. The van der Waals surface area contributed by atoms with E-state index in [2.05, 4.69) is 0 Å². The van der Waals surface area contributed by atoms with Crippen molar-refractivity contribution in [2.24, 2.45) is 0 Å². The highest BCUT2D eigenvalue weighted by atomic mass is 32.2. The van der Waals surface area contributed by atoms with Gasteiger partial charge < -0.3 is 70.7 Å². The number of carbonyl (C=O) groups excluding carboxylic acids is 6. The van der Waals surface area contributed by atoms with Gasteiger partial charge in [0, 0.05) is 77.7 Å². The SMILES string of the molecule is O=C(CS(=O)(=O)C1C(=O)N(c2ccccc2)C1c1ccc(-c2cccc(O)c2)cc1O)c1ccc(F)cc1.O=C(CS(=O)C1C(=O)N(c2ccccc2)C1c1ccc(-c2cccc(O)c2)cc1O)c1ccc(F)cc1.O=C1C(S(=O)(=O)CC(O)c2ccc(F)cc2)C(c2ccc(-c3cccc(O)c3)cc2O)N1c1ccccc1.O=C1C(S(=O)CC(O)c2ccc(F)cc2)C(c2ccc(-c3cccc(O)c3)cc2O)N1c1ccccc1.